The fourth-order valence-electron chi connectivity index (χ4n) is 5.76. The van der Waals surface area contributed by atoms with Crippen LogP contribution in [0.5, 0.6) is 0 Å². The van der Waals surface area contributed by atoms with Crippen LogP contribution in [0.25, 0.3) is 10.9 Å². The second kappa shape index (κ2) is 12.5. The number of piperidine rings is 2. The van der Waals surface area contributed by atoms with Gasteiger partial charge in [0.05, 0.1) is 12.1 Å². The number of hydrogen-bond donors (Lipinski definition) is 3. The maximum atomic E-state index is 13.4. The average molecular weight is 588 g/mol. The Labute approximate surface area is 252 Å². The molecule has 4 amide bonds. The van der Waals surface area contributed by atoms with E-state index in [0.29, 0.717) is 37.1 Å². The first-order valence-corrected chi connectivity index (χ1v) is 15.1. The van der Waals surface area contributed by atoms with E-state index in [1.165, 1.54) is 5.56 Å². The van der Waals surface area contributed by atoms with Crippen LogP contribution < -0.4 is 15.5 Å². The number of anilines is 1. The summed E-state index contributed by atoms with van der Waals surface area (Å²) in [6.45, 7) is 8.74. The molecule has 0 radical (unpaired) electrons. The number of aromatic amines is 1. The maximum Gasteiger partial charge on any atom is 0.410 e. The summed E-state index contributed by atoms with van der Waals surface area (Å²) in [6, 6.07) is 11.6. The number of rotatable bonds is 6. The van der Waals surface area contributed by atoms with Crippen LogP contribution in [0.2, 0.25) is 0 Å². The first kappa shape index (κ1) is 30.1. The summed E-state index contributed by atoms with van der Waals surface area (Å²) in [6.07, 6.45) is 5.21. The summed E-state index contributed by atoms with van der Waals surface area (Å²) in [4.78, 5) is 58.6. The highest BCUT2D eigenvalue weighted by Gasteiger charge is 2.35. The van der Waals surface area contributed by atoms with E-state index in [-0.39, 0.29) is 24.3 Å². The van der Waals surface area contributed by atoms with E-state index >= 15 is 0 Å². The molecular formula is C33H41N5O5. The van der Waals surface area contributed by atoms with Crippen molar-refractivity contribution in [2.45, 2.75) is 77.5 Å². The summed E-state index contributed by atoms with van der Waals surface area (Å²) in [5.74, 6) is -0.487. The van der Waals surface area contributed by atoms with E-state index in [4.69, 9.17) is 4.74 Å². The second-order valence-corrected chi connectivity index (χ2v) is 12.4. The molecule has 0 unspecified atom stereocenters. The van der Waals surface area contributed by atoms with Gasteiger partial charge < -0.3 is 30.2 Å². The standard InChI is InChI=1S/C33H41N5O5/c1-5-21-19-34-27-18-23(11-14-25(21)27)31(41)35-26-15-17-37(32(42)43-33(2,3)4)20-28(26)36-30(40)22-9-12-24(13-10-22)38-16-7-6-8-29(38)39/h9-14,18-19,26,28,34H,5-8,15-17,20H2,1-4H3,(H,35,41)(H,36,40)/t26-,28+/m1/s1. The van der Waals surface area contributed by atoms with Crippen molar-refractivity contribution in [1.29, 1.82) is 0 Å². The van der Waals surface area contributed by atoms with Gasteiger partial charge in [0, 0.05) is 60.0 Å². The lowest BCUT2D eigenvalue weighted by molar-refractivity contribution is -0.119. The summed E-state index contributed by atoms with van der Waals surface area (Å²) < 4.78 is 5.58. The van der Waals surface area contributed by atoms with Crippen LogP contribution in [0.15, 0.2) is 48.7 Å². The van der Waals surface area contributed by atoms with Crippen molar-refractivity contribution in [1.82, 2.24) is 20.5 Å². The lowest BCUT2D eigenvalue weighted by atomic mass is 9.98. The zero-order valence-electron chi connectivity index (χ0n) is 25.4. The molecule has 0 aliphatic carbocycles. The van der Waals surface area contributed by atoms with E-state index in [1.807, 2.05) is 45.2 Å². The van der Waals surface area contributed by atoms with Crippen molar-refractivity contribution in [3.05, 3.63) is 65.4 Å². The molecule has 2 aliphatic rings. The van der Waals surface area contributed by atoms with Gasteiger partial charge in [0.15, 0.2) is 0 Å². The Morgan fingerprint density at radius 1 is 0.953 bits per heavy atom. The quantitative estimate of drug-likeness (QED) is 0.383. The number of aromatic nitrogens is 1. The molecule has 1 aromatic heterocycles. The molecule has 0 bridgehead atoms. The Balaban J connectivity index is 1.31. The van der Waals surface area contributed by atoms with Gasteiger partial charge in [-0.25, -0.2) is 4.79 Å². The zero-order valence-corrected chi connectivity index (χ0v) is 25.4. The summed E-state index contributed by atoms with van der Waals surface area (Å²) in [5, 5.41) is 7.24. The molecule has 2 fully saturated rings. The molecule has 3 aromatic rings. The number of nitrogens with one attached hydrogen (secondary N) is 3. The Bertz CT molecular complexity index is 1510. The molecule has 0 spiro atoms. The van der Waals surface area contributed by atoms with Crippen LogP contribution in [-0.4, -0.2) is 71.0 Å². The van der Waals surface area contributed by atoms with Crippen LogP contribution in [0.4, 0.5) is 10.5 Å². The highest BCUT2D eigenvalue weighted by atomic mass is 16.6. The first-order chi connectivity index (χ1) is 20.5. The van der Waals surface area contributed by atoms with E-state index < -0.39 is 23.8 Å². The molecule has 2 atom stereocenters. The maximum absolute atomic E-state index is 13.4. The van der Waals surface area contributed by atoms with Gasteiger partial charge in [0.1, 0.15) is 5.60 Å². The predicted molar refractivity (Wildman–Crippen MR) is 165 cm³/mol. The smallest absolute Gasteiger partial charge is 0.410 e. The molecule has 3 heterocycles. The summed E-state index contributed by atoms with van der Waals surface area (Å²) >= 11 is 0. The number of H-pyrrole nitrogens is 1. The minimum atomic E-state index is -0.660. The minimum absolute atomic E-state index is 0.0905. The molecule has 0 saturated carbocycles. The normalized spacial score (nSPS) is 19.3. The molecule has 2 aliphatic heterocycles. The Morgan fingerprint density at radius 2 is 1.65 bits per heavy atom. The number of fused-ring (bicyclic) bond motifs is 1. The van der Waals surface area contributed by atoms with Crippen molar-refractivity contribution in [3.63, 3.8) is 0 Å². The fraction of sp³-hybridized carbons (Fsp3) is 0.455. The molecule has 3 N–H and O–H groups in total. The molecule has 5 rings (SSSR count). The molecular weight excluding hydrogens is 546 g/mol. The third-order valence-corrected chi connectivity index (χ3v) is 8.07. The molecule has 43 heavy (non-hydrogen) atoms. The minimum Gasteiger partial charge on any atom is -0.444 e. The number of hydrogen-bond acceptors (Lipinski definition) is 5. The van der Waals surface area contributed by atoms with Gasteiger partial charge in [0.2, 0.25) is 5.91 Å². The van der Waals surface area contributed by atoms with Crippen LogP contribution >= 0.6 is 0 Å². The van der Waals surface area contributed by atoms with E-state index in [2.05, 4.69) is 22.5 Å². The number of benzene rings is 2. The van der Waals surface area contributed by atoms with E-state index in [0.717, 1.165) is 35.9 Å². The van der Waals surface area contributed by atoms with Crippen LogP contribution in [0.3, 0.4) is 0 Å². The van der Waals surface area contributed by atoms with Gasteiger partial charge in [-0.3, -0.25) is 14.4 Å². The molecule has 2 saturated heterocycles. The van der Waals surface area contributed by atoms with Gasteiger partial charge in [-0.1, -0.05) is 13.0 Å². The average Bonchev–Trinajstić information content (AvgIpc) is 3.40. The van der Waals surface area contributed by atoms with Crippen LogP contribution in [-0.2, 0) is 16.0 Å². The molecule has 2 aromatic carbocycles. The van der Waals surface area contributed by atoms with Crippen LogP contribution in [0, 0.1) is 0 Å². The van der Waals surface area contributed by atoms with Crippen molar-refractivity contribution < 1.29 is 23.9 Å². The van der Waals surface area contributed by atoms with Crippen molar-refractivity contribution in [2.75, 3.05) is 24.5 Å². The highest BCUT2D eigenvalue weighted by Crippen LogP contribution is 2.23. The number of amides is 4. The second-order valence-electron chi connectivity index (χ2n) is 12.4. The van der Waals surface area contributed by atoms with Crippen molar-refractivity contribution in [2.24, 2.45) is 0 Å². The van der Waals surface area contributed by atoms with Crippen molar-refractivity contribution >= 4 is 40.4 Å². The third-order valence-electron chi connectivity index (χ3n) is 8.07. The Hall–Kier alpha value is -4.34. The Morgan fingerprint density at radius 3 is 2.35 bits per heavy atom. The number of nitrogens with zero attached hydrogens (tertiary/aromatic N) is 2. The molecule has 228 valence electrons. The molecule has 10 nitrogen and oxygen atoms in total. The van der Waals surface area contributed by atoms with E-state index in [9.17, 15) is 19.2 Å². The molecule has 10 heteroatoms. The first-order valence-electron chi connectivity index (χ1n) is 15.1. The number of carbonyl (C=O) groups is 4. The van der Waals surface area contributed by atoms with Gasteiger partial charge in [0.25, 0.3) is 11.8 Å². The van der Waals surface area contributed by atoms with Crippen molar-refractivity contribution in [3.8, 4) is 0 Å². The van der Waals surface area contributed by atoms with Gasteiger partial charge >= 0.3 is 6.09 Å². The largest absolute Gasteiger partial charge is 0.444 e. The fourth-order valence-corrected chi connectivity index (χ4v) is 5.76. The van der Waals surface area contributed by atoms with Gasteiger partial charge in [-0.15, -0.1) is 0 Å². The third kappa shape index (κ3) is 7.01. The predicted octanol–water partition coefficient (Wildman–Crippen LogP) is 4.79. The highest BCUT2D eigenvalue weighted by molar-refractivity contribution is 5.99. The monoisotopic (exact) mass is 587 g/mol. The van der Waals surface area contributed by atoms with Gasteiger partial charge in [-0.05, 0) is 88.4 Å². The number of likely N-dealkylation sites (tertiary alicyclic amines) is 1. The number of aryl methyl sites for hydroxylation is 1. The topological polar surface area (TPSA) is 124 Å². The number of ether oxygens (including phenoxy) is 1. The summed E-state index contributed by atoms with van der Waals surface area (Å²) in [7, 11) is 0. The van der Waals surface area contributed by atoms with Gasteiger partial charge in [-0.2, -0.15) is 0 Å². The zero-order chi connectivity index (χ0) is 30.7. The lowest BCUT2D eigenvalue weighted by Gasteiger charge is -2.39. The van der Waals surface area contributed by atoms with E-state index in [1.54, 1.807) is 34.1 Å². The summed E-state index contributed by atoms with van der Waals surface area (Å²) in [5.41, 5.74) is 3.13. The lowest BCUT2D eigenvalue weighted by Crippen LogP contribution is -2.61. The van der Waals surface area contributed by atoms with Crippen LogP contribution in [0.1, 0.15) is 79.7 Å². The SMILES string of the molecule is CCc1c[nH]c2cc(C(=O)N[C@@H]3CCN(C(=O)OC(C)(C)C)C[C@@H]3NC(=O)c3ccc(N4CCCCC4=O)cc3)ccc12. The number of carbonyl (C=O) groups excluding carboxylic acids is 4. The Kier molecular flexibility index (Phi) is 8.75.